The molecule has 0 unspecified atom stereocenters. The van der Waals surface area contributed by atoms with Gasteiger partial charge < -0.3 is 56.8 Å². The molecule has 2 fully saturated rings. The van der Waals surface area contributed by atoms with E-state index in [0.717, 1.165) is 63.5 Å². The molecule has 0 atom stereocenters. The lowest BCUT2D eigenvalue weighted by atomic mass is 9.54. The Morgan fingerprint density at radius 2 is 0.684 bits per heavy atom. The van der Waals surface area contributed by atoms with Gasteiger partial charge >= 0.3 is 11.9 Å². The largest absolute Gasteiger partial charge is 0.460 e. The van der Waals surface area contributed by atoms with Crippen molar-refractivity contribution in [2.75, 3.05) is 132 Å². The fraction of sp³-hybridized carbons (Fsp3) is 0.860. The zero-order valence-electron chi connectivity index (χ0n) is 35.7. The van der Waals surface area contributed by atoms with Crippen molar-refractivity contribution in [2.24, 2.45) is 17.3 Å². The molecular weight excluding hydrogens is 740 g/mol. The molecule has 14 heteroatoms. The van der Waals surface area contributed by atoms with Crippen LogP contribution < -0.4 is 0 Å². The van der Waals surface area contributed by atoms with Gasteiger partial charge in [0.1, 0.15) is 13.2 Å². The number of carbonyl (C=O) groups is 2. The number of hydrogen-bond acceptors (Lipinski definition) is 14. The lowest BCUT2D eigenvalue weighted by Gasteiger charge is -2.60. The summed E-state index contributed by atoms with van der Waals surface area (Å²) in [6.07, 6.45) is 10.9. The van der Waals surface area contributed by atoms with E-state index in [9.17, 15) is 9.59 Å². The van der Waals surface area contributed by atoms with E-state index in [4.69, 9.17) is 56.8 Å². The predicted octanol–water partition coefficient (Wildman–Crippen LogP) is 5.53. The molecule has 2 aliphatic carbocycles. The summed E-state index contributed by atoms with van der Waals surface area (Å²) in [4.78, 5) is 22.0. The molecule has 0 aromatic rings. The van der Waals surface area contributed by atoms with E-state index in [1.165, 1.54) is 0 Å². The maximum Gasteiger partial charge on any atom is 0.330 e. The fourth-order valence-electron chi connectivity index (χ4n) is 7.41. The van der Waals surface area contributed by atoms with Crippen LogP contribution in [0.25, 0.3) is 0 Å². The van der Waals surface area contributed by atoms with Gasteiger partial charge in [0.25, 0.3) is 0 Å². The van der Waals surface area contributed by atoms with Crippen LogP contribution in [-0.4, -0.2) is 155 Å². The molecule has 0 spiro atoms. The summed E-state index contributed by atoms with van der Waals surface area (Å²) in [6.45, 7) is 24.8. The Kier molecular flexibility index (Phi) is 27.8. The maximum absolute atomic E-state index is 11.0. The molecule has 2 saturated carbocycles. The van der Waals surface area contributed by atoms with Crippen molar-refractivity contribution in [1.29, 1.82) is 0 Å². The van der Waals surface area contributed by atoms with Gasteiger partial charge in [0.15, 0.2) is 0 Å². The Balaban J connectivity index is 1.67. The van der Waals surface area contributed by atoms with Crippen LogP contribution in [0.5, 0.6) is 0 Å². The molecule has 0 radical (unpaired) electrons. The Bertz CT molecular complexity index is 972. The molecule has 0 saturated heterocycles. The average molecular weight is 817 g/mol. The van der Waals surface area contributed by atoms with Crippen molar-refractivity contribution in [3.63, 3.8) is 0 Å². The molecule has 0 bridgehead atoms. The summed E-state index contributed by atoms with van der Waals surface area (Å²) in [6, 6.07) is 0. The first-order chi connectivity index (χ1) is 27.6. The minimum atomic E-state index is -0.458. The Hall–Kier alpha value is -1.98. The van der Waals surface area contributed by atoms with Gasteiger partial charge in [-0.2, -0.15) is 0 Å². The summed E-state index contributed by atoms with van der Waals surface area (Å²) in [7, 11) is 0. The van der Waals surface area contributed by atoms with Crippen molar-refractivity contribution >= 4 is 11.9 Å². The van der Waals surface area contributed by atoms with Crippen molar-refractivity contribution in [2.45, 2.75) is 90.3 Å². The monoisotopic (exact) mass is 817 g/mol. The Morgan fingerprint density at radius 3 is 0.930 bits per heavy atom. The maximum atomic E-state index is 11.0. The highest BCUT2D eigenvalue weighted by atomic mass is 16.6. The highest BCUT2D eigenvalue weighted by Crippen LogP contribution is 2.57. The van der Waals surface area contributed by atoms with Crippen molar-refractivity contribution < 1.29 is 66.4 Å². The van der Waals surface area contributed by atoms with E-state index in [0.29, 0.717) is 131 Å². The predicted molar refractivity (Wildman–Crippen MR) is 215 cm³/mol. The van der Waals surface area contributed by atoms with E-state index in [1.807, 2.05) is 0 Å². The summed E-state index contributed by atoms with van der Waals surface area (Å²) in [5, 5.41) is 0. The van der Waals surface area contributed by atoms with Crippen LogP contribution in [0.15, 0.2) is 25.3 Å². The molecule has 0 amide bonds. The average Bonchev–Trinajstić information content (AvgIpc) is 3.21. The van der Waals surface area contributed by atoms with Gasteiger partial charge in [-0.3, -0.25) is 0 Å². The number of esters is 2. The van der Waals surface area contributed by atoms with Gasteiger partial charge in [-0.25, -0.2) is 9.59 Å². The molecule has 2 aliphatic rings. The fourth-order valence-corrected chi connectivity index (χ4v) is 7.41. The summed E-state index contributed by atoms with van der Waals surface area (Å²) in [5.74, 6) is 0.451. The first-order valence-electron chi connectivity index (χ1n) is 21.1. The third-order valence-corrected chi connectivity index (χ3v) is 11.2. The van der Waals surface area contributed by atoms with Gasteiger partial charge in [-0.05, 0) is 63.2 Å². The van der Waals surface area contributed by atoms with Gasteiger partial charge in [-0.1, -0.05) is 40.9 Å². The molecule has 0 aromatic heterocycles. The summed E-state index contributed by atoms with van der Waals surface area (Å²) in [5.41, 5.74) is -0.834. The highest BCUT2D eigenvalue weighted by molar-refractivity contribution is 5.81. The zero-order valence-corrected chi connectivity index (χ0v) is 35.7. The van der Waals surface area contributed by atoms with Crippen molar-refractivity contribution in [1.82, 2.24) is 0 Å². The van der Waals surface area contributed by atoms with Crippen LogP contribution in [0.3, 0.4) is 0 Å². The SMILES string of the molecule is C=CC(=O)OCCOCCOCCOCCOCCOC1(C(C)(C)C2(OCCOCCOCCOCCOCCOC(=O)C=C)CCC(C)CC2)CCC(C)CC1. The lowest BCUT2D eigenvalue weighted by molar-refractivity contribution is -0.252. The molecule has 2 rings (SSSR count). The third-order valence-electron chi connectivity index (χ3n) is 11.2. The zero-order chi connectivity index (χ0) is 41.5. The number of hydrogen-bond donors (Lipinski definition) is 0. The summed E-state index contributed by atoms with van der Waals surface area (Å²) < 4.78 is 68.5. The summed E-state index contributed by atoms with van der Waals surface area (Å²) >= 11 is 0. The minimum absolute atomic E-state index is 0.194. The first-order valence-corrected chi connectivity index (χ1v) is 21.1. The van der Waals surface area contributed by atoms with Gasteiger partial charge in [0.2, 0.25) is 0 Å². The normalized spacial score (nSPS) is 22.6. The second kappa shape index (κ2) is 31.0. The van der Waals surface area contributed by atoms with E-state index in [1.54, 1.807) is 0 Å². The number of carbonyl (C=O) groups excluding carboxylic acids is 2. The Morgan fingerprint density at radius 1 is 0.456 bits per heavy atom. The van der Waals surface area contributed by atoms with Crippen LogP contribution in [0.2, 0.25) is 0 Å². The quantitative estimate of drug-likeness (QED) is 0.0444. The van der Waals surface area contributed by atoms with Crippen molar-refractivity contribution in [3.8, 4) is 0 Å². The standard InChI is InChI=1S/C43H76O14/c1-7-39(44)54-33-29-50-25-21-46-17-19-48-23-27-52-31-35-56-42(13-9-37(3)10-14-42)41(5,6)43(15-11-38(4)12-16-43)57-36-32-53-28-24-49-20-18-47-22-26-51-30-34-55-40(45)8-2/h7-8,37-38H,1-2,9-36H2,3-6H3. The second-order valence-electron chi connectivity index (χ2n) is 15.3. The first kappa shape index (κ1) is 51.2. The van der Waals surface area contributed by atoms with Crippen LogP contribution >= 0.6 is 0 Å². The molecule has 0 aromatic carbocycles. The van der Waals surface area contributed by atoms with E-state index >= 15 is 0 Å². The van der Waals surface area contributed by atoms with Crippen molar-refractivity contribution in [3.05, 3.63) is 25.3 Å². The second-order valence-corrected chi connectivity index (χ2v) is 15.3. The van der Waals surface area contributed by atoms with Crippen LogP contribution in [0.4, 0.5) is 0 Å². The molecular formula is C43H76O14. The molecule has 57 heavy (non-hydrogen) atoms. The van der Waals surface area contributed by atoms with Gasteiger partial charge in [-0.15, -0.1) is 0 Å². The lowest BCUT2D eigenvalue weighted by Crippen LogP contribution is -2.63. The topological polar surface area (TPSA) is 145 Å². The third kappa shape index (κ3) is 20.7. The molecule has 332 valence electrons. The van der Waals surface area contributed by atoms with Crippen LogP contribution in [0, 0.1) is 17.3 Å². The van der Waals surface area contributed by atoms with Gasteiger partial charge in [0, 0.05) is 17.6 Å². The van der Waals surface area contributed by atoms with E-state index in [2.05, 4.69) is 40.9 Å². The van der Waals surface area contributed by atoms with Gasteiger partial charge in [0.05, 0.1) is 130 Å². The number of ether oxygens (including phenoxy) is 12. The van der Waals surface area contributed by atoms with Crippen LogP contribution in [0.1, 0.15) is 79.1 Å². The molecule has 0 heterocycles. The number of rotatable bonds is 36. The van der Waals surface area contributed by atoms with Crippen LogP contribution in [-0.2, 0) is 66.4 Å². The molecule has 14 nitrogen and oxygen atoms in total. The van der Waals surface area contributed by atoms with E-state index < -0.39 is 11.9 Å². The Labute approximate surface area is 342 Å². The van der Waals surface area contributed by atoms with E-state index in [-0.39, 0.29) is 29.8 Å². The molecule has 0 aliphatic heterocycles. The molecule has 0 N–H and O–H groups in total. The highest BCUT2D eigenvalue weighted by Gasteiger charge is 2.59. The smallest absolute Gasteiger partial charge is 0.330 e. The minimum Gasteiger partial charge on any atom is -0.460 e.